The molecule has 0 bridgehead atoms. The number of hydrogen-bond donors (Lipinski definition) is 0. The third-order valence-electron chi connectivity index (χ3n) is 3.95. The Kier molecular flexibility index (Phi) is 5.82. The number of methoxy groups -OCH3 is 1. The van der Waals surface area contributed by atoms with Gasteiger partial charge in [0.25, 0.3) is 0 Å². The van der Waals surface area contributed by atoms with Gasteiger partial charge in [-0.2, -0.15) is 10.5 Å². The number of ether oxygens (including phenoxy) is 2. The molecule has 0 aliphatic heterocycles. The smallest absolute Gasteiger partial charge is 0.161 e. The van der Waals surface area contributed by atoms with Crippen molar-refractivity contribution in [2.45, 2.75) is 27.4 Å². The molecule has 0 spiro atoms. The first-order valence-corrected chi connectivity index (χ1v) is 7.88. The van der Waals surface area contributed by atoms with Crippen molar-refractivity contribution in [3.8, 4) is 23.6 Å². The van der Waals surface area contributed by atoms with Crippen LogP contribution >= 0.6 is 0 Å². The van der Waals surface area contributed by atoms with E-state index < -0.39 is 0 Å². The van der Waals surface area contributed by atoms with Crippen molar-refractivity contribution in [3.05, 3.63) is 63.7 Å². The molecule has 0 heterocycles. The van der Waals surface area contributed by atoms with Crippen LogP contribution < -0.4 is 9.47 Å². The Labute approximate surface area is 148 Å². The van der Waals surface area contributed by atoms with Gasteiger partial charge >= 0.3 is 0 Å². The van der Waals surface area contributed by atoms with E-state index in [4.69, 9.17) is 20.0 Å². The molecule has 126 valence electrons. The molecule has 0 amide bonds. The maximum absolute atomic E-state index is 8.85. The molecule has 0 saturated carbocycles. The number of hydrogen-bond acceptors (Lipinski definition) is 4. The SMILES string of the molecule is COc1cc(C=C(C#N)C#N)ccc1OCc1c(C)cc(C)cc1C. The lowest BCUT2D eigenvalue weighted by Gasteiger charge is -2.15. The highest BCUT2D eigenvalue weighted by atomic mass is 16.5. The van der Waals surface area contributed by atoms with Gasteiger partial charge in [0.15, 0.2) is 11.5 Å². The van der Waals surface area contributed by atoms with Gasteiger partial charge in [-0.05, 0) is 61.2 Å². The molecule has 25 heavy (non-hydrogen) atoms. The van der Waals surface area contributed by atoms with Crippen LogP contribution in [0.15, 0.2) is 35.9 Å². The van der Waals surface area contributed by atoms with Crippen LogP contribution in [-0.2, 0) is 6.61 Å². The lowest BCUT2D eigenvalue weighted by molar-refractivity contribution is 0.283. The fraction of sp³-hybridized carbons (Fsp3) is 0.238. The van der Waals surface area contributed by atoms with Crippen LogP contribution in [0.4, 0.5) is 0 Å². The van der Waals surface area contributed by atoms with Gasteiger partial charge in [-0.3, -0.25) is 0 Å². The van der Waals surface area contributed by atoms with Crippen LogP contribution in [0.25, 0.3) is 6.08 Å². The molecule has 0 aromatic heterocycles. The highest BCUT2D eigenvalue weighted by Crippen LogP contribution is 2.30. The van der Waals surface area contributed by atoms with Crippen LogP contribution in [0.2, 0.25) is 0 Å². The van der Waals surface area contributed by atoms with E-state index in [-0.39, 0.29) is 5.57 Å². The summed E-state index contributed by atoms with van der Waals surface area (Å²) in [5.74, 6) is 1.18. The second-order valence-electron chi connectivity index (χ2n) is 5.86. The van der Waals surface area contributed by atoms with Gasteiger partial charge in [0, 0.05) is 0 Å². The number of benzene rings is 2. The summed E-state index contributed by atoms with van der Waals surface area (Å²) in [6, 6.07) is 13.3. The zero-order valence-electron chi connectivity index (χ0n) is 14.9. The summed E-state index contributed by atoms with van der Waals surface area (Å²) in [6.07, 6.45) is 1.51. The molecular formula is C21H20N2O2. The number of allylic oxidation sites excluding steroid dienone is 1. The first-order valence-electron chi connectivity index (χ1n) is 7.88. The van der Waals surface area contributed by atoms with Crippen molar-refractivity contribution in [3.63, 3.8) is 0 Å². The topological polar surface area (TPSA) is 66.0 Å². The molecule has 4 nitrogen and oxygen atoms in total. The van der Waals surface area contributed by atoms with E-state index in [1.807, 2.05) is 12.1 Å². The Balaban J connectivity index is 2.25. The molecule has 0 N–H and O–H groups in total. The molecule has 0 aliphatic rings. The Morgan fingerprint density at radius 2 is 1.64 bits per heavy atom. The predicted molar refractivity (Wildman–Crippen MR) is 97.2 cm³/mol. The monoisotopic (exact) mass is 332 g/mol. The molecule has 0 fully saturated rings. The summed E-state index contributed by atoms with van der Waals surface area (Å²) in [5, 5.41) is 17.7. The molecular weight excluding hydrogens is 312 g/mol. The highest BCUT2D eigenvalue weighted by molar-refractivity contribution is 5.64. The lowest BCUT2D eigenvalue weighted by atomic mass is 10.0. The van der Waals surface area contributed by atoms with E-state index in [2.05, 4.69) is 32.9 Å². The maximum Gasteiger partial charge on any atom is 0.161 e. The van der Waals surface area contributed by atoms with Gasteiger partial charge in [0.1, 0.15) is 24.3 Å². The Morgan fingerprint density at radius 1 is 1.00 bits per heavy atom. The Bertz CT molecular complexity index is 860. The Hall–Kier alpha value is -3.24. The molecule has 0 saturated heterocycles. The number of nitriles is 2. The van der Waals surface area contributed by atoms with E-state index in [1.165, 1.54) is 22.8 Å². The van der Waals surface area contributed by atoms with Crippen LogP contribution in [0.5, 0.6) is 11.5 Å². The Morgan fingerprint density at radius 3 is 2.20 bits per heavy atom. The predicted octanol–water partition coefficient (Wildman–Crippen LogP) is 4.63. The lowest BCUT2D eigenvalue weighted by Crippen LogP contribution is -2.02. The van der Waals surface area contributed by atoms with Crippen molar-refractivity contribution in [1.82, 2.24) is 0 Å². The minimum Gasteiger partial charge on any atom is -0.493 e. The molecule has 0 radical (unpaired) electrons. The minimum atomic E-state index is 0.0432. The summed E-state index contributed by atoms with van der Waals surface area (Å²) in [6.45, 7) is 6.69. The van der Waals surface area contributed by atoms with Crippen molar-refractivity contribution >= 4 is 6.08 Å². The first kappa shape index (κ1) is 18.1. The summed E-state index contributed by atoms with van der Waals surface area (Å²) >= 11 is 0. The average molecular weight is 332 g/mol. The molecule has 2 aromatic rings. The van der Waals surface area contributed by atoms with Gasteiger partial charge < -0.3 is 9.47 Å². The van der Waals surface area contributed by atoms with E-state index in [1.54, 1.807) is 25.3 Å². The van der Waals surface area contributed by atoms with Crippen LogP contribution in [0, 0.1) is 43.4 Å². The normalized spacial score (nSPS) is 9.68. The van der Waals surface area contributed by atoms with Gasteiger partial charge in [-0.25, -0.2) is 0 Å². The molecule has 0 atom stereocenters. The van der Waals surface area contributed by atoms with E-state index in [0.29, 0.717) is 23.7 Å². The summed E-state index contributed by atoms with van der Waals surface area (Å²) in [7, 11) is 1.56. The van der Waals surface area contributed by atoms with Gasteiger partial charge in [-0.1, -0.05) is 23.8 Å². The highest BCUT2D eigenvalue weighted by Gasteiger charge is 2.09. The summed E-state index contributed by atoms with van der Waals surface area (Å²) in [4.78, 5) is 0. The zero-order chi connectivity index (χ0) is 18.4. The molecule has 2 aromatic carbocycles. The van der Waals surface area contributed by atoms with Gasteiger partial charge in [0.2, 0.25) is 0 Å². The van der Waals surface area contributed by atoms with Gasteiger partial charge in [-0.15, -0.1) is 0 Å². The van der Waals surface area contributed by atoms with E-state index in [0.717, 1.165) is 5.56 Å². The van der Waals surface area contributed by atoms with Crippen LogP contribution in [0.1, 0.15) is 27.8 Å². The maximum atomic E-state index is 8.85. The second-order valence-corrected chi connectivity index (χ2v) is 5.86. The number of nitrogens with zero attached hydrogens (tertiary/aromatic N) is 2. The number of aryl methyl sites for hydroxylation is 3. The molecule has 2 rings (SSSR count). The van der Waals surface area contributed by atoms with Crippen LogP contribution in [-0.4, -0.2) is 7.11 Å². The molecule has 4 heteroatoms. The van der Waals surface area contributed by atoms with E-state index >= 15 is 0 Å². The van der Waals surface area contributed by atoms with Crippen molar-refractivity contribution in [2.75, 3.05) is 7.11 Å². The summed E-state index contributed by atoms with van der Waals surface area (Å²) < 4.78 is 11.3. The van der Waals surface area contributed by atoms with E-state index in [9.17, 15) is 0 Å². The summed E-state index contributed by atoms with van der Waals surface area (Å²) in [5.41, 5.74) is 5.55. The minimum absolute atomic E-state index is 0.0432. The van der Waals surface area contributed by atoms with Crippen LogP contribution in [0.3, 0.4) is 0 Å². The fourth-order valence-corrected chi connectivity index (χ4v) is 2.74. The van der Waals surface area contributed by atoms with Crippen molar-refractivity contribution in [2.24, 2.45) is 0 Å². The third-order valence-corrected chi connectivity index (χ3v) is 3.95. The fourth-order valence-electron chi connectivity index (χ4n) is 2.74. The largest absolute Gasteiger partial charge is 0.493 e. The standard InChI is InChI=1S/C21H20N2O2/c1-14-7-15(2)19(16(3)8-14)13-25-20-6-5-17(10-21(20)24-4)9-18(11-22)12-23/h5-10H,13H2,1-4H3. The quantitative estimate of drug-likeness (QED) is 0.749. The first-order chi connectivity index (χ1) is 12.0. The average Bonchev–Trinajstić information content (AvgIpc) is 2.59. The molecule has 0 aliphatic carbocycles. The number of rotatable bonds is 5. The van der Waals surface area contributed by atoms with Crippen molar-refractivity contribution in [1.29, 1.82) is 10.5 Å². The van der Waals surface area contributed by atoms with Gasteiger partial charge in [0.05, 0.1) is 7.11 Å². The van der Waals surface area contributed by atoms with Crippen molar-refractivity contribution < 1.29 is 9.47 Å². The second kappa shape index (κ2) is 8.04. The molecule has 0 unspecified atom stereocenters. The zero-order valence-corrected chi connectivity index (χ0v) is 14.9. The third kappa shape index (κ3) is 4.40.